The Hall–Kier alpha value is -0.650. The molecule has 1 fully saturated rings. The standard InChI is InChI=1S/C9H13N3O6S.Na/c1-2-5-3-6-4-11(7(5)8(10)13)9(14)12(6)18-19(15,16)17;/h3,6-7H,2,4H2,1H3,(H2,10,13)(H,15,16,17);/q;+1/p+1/t6-,7+;/m1./s1. The van der Waals surface area contributed by atoms with E-state index in [4.69, 9.17) is 10.3 Å². The largest absolute Gasteiger partial charge is 1.00 e. The number of carbonyl (C=O) groups is 2. The summed E-state index contributed by atoms with van der Waals surface area (Å²) in [7, 11) is -4.81. The monoisotopic (exact) mass is 315 g/mol. The van der Waals surface area contributed by atoms with Crippen LogP contribution in [0.2, 0.25) is 0 Å². The number of amides is 3. The first kappa shape index (κ1) is 17.4. The molecule has 0 aromatic rings. The molecule has 2 aliphatic rings. The van der Waals surface area contributed by atoms with E-state index in [-0.39, 0.29) is 37.5 Å². The van der Waals surface area contributed by atoms with Crippen LogP contribution in [0.25, 0.3) is 0 Å². The van der Waals surface area contributed by atoms with Crippen molar-refractivity contribution in [2.24, 2.45) is 5.73 Å². The van der Waals surface area contributed by atoms with E-state index in [9.17, 15) is 18.0 Å². The van der Waals surface area contributed by atoms with Gasteiger partial charge in [-0.3, -0.25) is 9.35 Å². The third-order valence-electron chi connectivity index (χ3n) is 3.04. The van der Waals surface area contributed by atoms with Gasteiger partial charge in [0.25, 0.3) is 0 Å². The second-order valence-electron chi connectivity index (χ2n) is 4.23. The Morgan fingerprint density at radius 1 is 1.65 bits per heavy atom. The van der Waals surface area contributed by atoms with Crippen LogP contribution in [0.3, 0.4) is 0 Å². The van der Waals surface area contributed by atoms with Gasteiger partial charge in [-0.1, -0.05) is 13.0 Å². The van der Waals surface area contributed by atoms with Crippen molar-refractivity contribution in [1.82, 2.24) is 9.96 Å². The number of rotatable bonds is 4. The molecule has 0 aromatic carbocycles. The van der Waals surface area contributed by atoms with Crippen LogP contribution in [0, 0.1) is 0 Å². The molecule has 0 spiro atoms. The van der Waals surface area contributed by atoms with Gasteiger partial charge < -0.3 is 10.6 Å². The Balaban J connectivity index is 0.00000200. The number of hydrogen-bond acceptors (Lipinski definition) is 5. The summed E-state index contributed by atoms with van der Waals surface area (Å²) in [6.45, 7) is 1.86. The number of primary amides is 1. The van der Waals surface area contributed by atoms with Gasteiger partial charge in [0, 0.05) is 0 Å². The summed E-state index contributed by atoms with van der Waals surface area (Å²) in [5, 5.41) is 0.522. The van der Waals surface area contributed by atoms with Gasteiger partial charge in [0.05, 0.1) is 12.6 Å². The molecule has 2 atom stereocenters. The second kappa shape index (κ2) is 6.00. The summed E-state index contributed by atoms with van der Waals surface area (Å²) in [5.41, 5.74) is 5.86. The molecular formula is C9H14N3NaO6S+2. The fraction of sp³-hybridized carbons (Fsp3) is 0.556. The first-order chi connectivity index (χ1) is 8.74. The molecule has 3 N–H and O–H groups in total. The molecule has 2 aliphatic heterocycles. The van der Waals surface area contributed by atoms with E-state index in [0.29, 0.717) is 17.1 Å². The van der Waals surface area contributed by atoms with Crippen molar-refractivity contribution in [3.05, 3.63) is 11.6 Å². The fourth-order valence-electron chi connectivity index (χ4n) is 2.33. The van der Waals surface area contributed by atoms with Crippen LogP contribution in [0.5, 0.6) is 0 Å². The predicted octanol–water partition coefficient (Wildman–Crippen LogP) is -3.85. The number of nitrogens with zero attached hydrogens (tertiary/aromatic N) is 2. The molecule has 0 aliphatic carbocycles. The Kier molecular flexibility index (Phi) is 5.22. The van der Waals surface area contributed by atoms with Crippen LogP contribution in [0.15, 0.2) is 11.6 Å². The van der Waals surface area contributed by atoms with E-state index in [0.717, 1.165) is 4.90 Å². The number of hydrogen-bond donors (Lipinski definition) is 2. The summed E-state index contributed by atoms with van der Waals surface area (Å²) in [6.07, 6.45) is 2.04. The predicted molar refractivity (Wildman–Crippen MR) is 62.8 cm³/mol. The van der Waals surface area contributed by atoms with Crippen LogP contribution >= 0.6 is 0 Å². The summed E-state index contributed by atoms with van der Waals surface area (Å²) in [5.74, 6) is -0.700. The maximum absolute atomic E-state index is 12.0. The van der Waals surface area contributed by atoms with Crippen molar-refractivity contribution in [2.75, 3.05) is 6.54 Å². The molecule has 106 valence electrons. The molecular weight excluding hydrogens is 301 g/mol. The zero-order chi connectivity index (χ0) is 14.4. The smallest absolute Gasteiger partial charge is 0.368 e. The van der Waals surface area contributed by atoms with Crippen LogP contribution < -0.4 is 35.3 Å². The van der Waals surface area contributed by atoms with E-state index in [2.05, 4.69) is 4.28 Å². The van der Waals surface area contributed by atoms with Crippen molar-refractivity contribution in [1.29, 1.82) is 0 Å². The third kappa shape index (κ3) is 3.15. The summed E-state index contributed by atoms with van der Waals surface area (Å²) < 4.78 is 34.3. The molecule has 20 heavy (non-hydrogen) atoms. The SMILES string of the molecule is CCC1=C[C@@H]2CN(C(=O)N2OS(=O)(=O)O)[C@@H]1C(N)=O.[H+].[Na+]. The van der Waals surface area contributed by atoms with Gasteiger partial charge >= 0.3 is 47.4 Å². The van der Waals surface area contributed by atoms with Crippen molar-refractivity contribution >= 4 is 22.3 Å². The Morgan fingerprint density at radius 3 is 2.70 bits per heavy atom. The van der Waals surface area contributed by atoms with E-state index >= 15 is 0 Å². The molecule has 2 heterocycles. The average molecular weight is 315 g/mol. The molecule has 3 amide bonds. The Morgan fingerprint density at radius 2 is 2.25 bits per heavy atom. The van der Waals surface area contributed by atoms with Gasteiger partial charge in [-0.15, -0.1) is 4.28 Å². The van der Waals surface area contributed by atoms with Gasteiger partial charge in [0.2, 0.25) is 5.91 Å². The van der Waals surface area contributed by atoms with Crippen LogP contribution in [-0.4, -0.2) is 53.5 Å². The number of carbonyl (C=O) groups excluding carboxylic acids is 2. The summed E-state index contributed by atoms with van der Waals surface area (Å²) in [4.78, 5) is 24.5. The second-order valence-corrected chi connectivity index (χ2v) is 5.23. The first-order valence-electron chi connectivity index (χ1n) is 5.51. The molecule has 9 nitrogen and oxygen atoms in total. The number of fused-ring (bicyclic) bond motifs is 2. The molecule has 2 rings (SSSR count). The van der Waals surface area contributed by atoms with E-state index < -0.39 is 34.4 Å². The Labute approximate surface area is 139 Å². The minimum absolute atomic E-state index is 0. The van der Waals surface area contributed by atoms with Gasteiger partial charge in [-0.25, -0.2) is 4.79 Å². The van der Waals surface area contributed by atoms with Crippen molar-refractivity contribution in [3.8, 4) is 0 Å². The van der Waals surface area contributed by atoms with Crippen LogP contribution in [-0.2, 0) is 19.5 Å². The minimum atomic E-state index is -4.81. The van der Waals surface area contributed by atoms with Gasteiger partial charge in [0.1, 0.15) is 6.04 Å². The van der Waals surface area contributed by atoms with Crippen LogP contribution in [0.1, 0.15) is 14.8 Å². The van der Waals surface area contributed by atoms with Crippen molar-refractivity contribution < 1.29 is 57.8 Å². The fourth-order valence-corrected chi connectivity index (χ4v) is 2.71. The molecule has 2 bridgehead atoms. The maximum Gasteiger partial charge on any atom is 1.00 e. The average Bonchev–Trinajstić information content (AvgIpc) is 2.52. The first-order valence-corrected chi connectivity index (χ1v) is 6.88. The normalized spacial score (nSPS) is 25.3. The zero-order valence-electron chi connectivity index (χ0n) is 12.0. The van der Waals surface area contributed by atoms with Gasteiger partial charge in [0.15, 0.2) is 0 Å². The molecule has 0 aromatic heterocycles. The number of nitrogens with two attached hydrogens (primary N) is 1. The quantitative estimate of drug-likeness (QED) is 0.310. The Bertz CT molecular complexity index is 568. The minimum Gasteiger partial charge on any atom is -0.368 e. The topological polar surface area (TPSA) is 130 Å². The van der Waals surface area contributed by atoms with E-state index in [1.54, 1.807) is 13.0 Å². The molecule has 11 heteroatoms. The van der Waals surface area contributed by atoms with Crippen molar-refractivity contribution in [2.45, 2.75) is 25.4 Å². The third-order valence-corrected chi connectivity index (χ3v) is 3.39. The molecule has 0 radical (unpaired) electrons. The number of hydroxylamine groups is 2. The van der Waals surface area contributed by atoms with E-state index in [1.165, 1.54) is 0 Å². The van der Waals surface area contributed by atoms with Gasteiger partial charge in [-0.05, 0) is 12.0 Å². The molecule has 0 saturated carbocycles. The van der Waals surface area contributed by atoms with Crippen molar-refractivity contribution in [3.63, 3.8) is 0 Å². The molecule has 0 unspecified atom stereocenters. The summed E-state index contributed by atoms with van der Waals surface area (Å²) in [6, 6.07) is -2.42. The zero-order valence-corrected chi connectivity index (χ0v) is 13.8. The van der Waals surface area contributed by atoms with Crippen LogP contribution in [0.4, 0.5) is 4.79 Å². The summed E-state index contributed by atoms with van der Waals surface area (Å²) >= 11 is 0. The maximum atomic E-state index is 12.0. The van der Waals surface area contributed by atoms with E-state index in [1.807, 2.05) is 0 Å². The number of urea groups is 1. The van der Waals surface area contributed by atoms with Gasteiger partial charge in [-0.2, -0.15) is 13.5 Å². The molecule has 1 saturated heterocycles.